The van der Waals surface area contributed by atoms with Crippen LogP contribution in [0.1, 0.15) is 17.3 Å². The largest absolute Gasteiger partial charge is 0.481 e. The van der Waals surface area contributed by atoms with Crippen LogP contribution in [-0.2, 0) is 0 Å². The lowest BCUT2D eigenvalue weighted by Crippen LogP contribution is -2.29. The van der Waals surface area contributed by atoms with E-state index in [4.69, 9.17) is 10.6 Å². The van der Waals surface area contributed by atoms with E-state index in [1.165, 1.54) is 6.33 Å². The average Bonchev–Trinajstić information content (AvgIpc) is 2.56. The highest BCUT2D eigenvalue weighted by atomic mass is 16.5. The van der Waals surface area contributed by atoms with E-state index in [1.807, 2.05) is 30.3 Å². The van der Waals surface area contributed by atoms with E-state index < -0.39 is 0 Å². The summed E-state index contributed by atoms with van der Waals surface area (Å²) in [4.78, 5) is 12.7. The molecule has 0 saturated carbocycles. The van der Waals surface area contributed by atoms with Crippen LogP contribution in [0.3, 0.4) is 0 Å². The number of hydrogen-bond donors (Lipinski definition) is 2. The molecular weight excluding hydrogens is 266 g/mol. The molecule has 6 heteroatoms. The maximum Gasteiger partial charge on any atom is 0.216 e. The van der Waals surface area contributed by atoms with Crippen LogP contribution in [0.4, 0.5) is 0 Å². The Morgan fingerprint density at radius 3 is 2.86 bits per heavy atom. The summed E-state index contributed by atoms with van der Waals surface area (Å²) < 4.78 is 5.14. The summed E-state index contributed by atoms with van der Waals surface area (Å²) in [6.07, 6.45) is 3.23. The lowest BCUT2D eigenvalue weighted by molar-refractivity contribution is 0.395. The summed E-state index contributed by atoms with van der Waals surface area (Å²) in [6.45, 7) is 0. The van der Waals surface area contributed by atoms with Crippen LogP contribution in [0.15, 0.2) is 48.9 Å². The number of nitrogens with zero attached hydrogens (tertiary/aromatic N) is 3. The van der Waals surface area contributed by atoms with Gasteiger partial charge in [0.2, 0.25) is 5.88 Å². The van der Waals surface area contributed by atoms with Crippen molar-refractivity contribution in [1.29, 1.82) is 0 Å². The smallest absolute Gasteiger partial charge is 0.216 e. The van der Waals surface area contributed by atoms with Crippen LogP contribution in [-0.4, -0.2) is 22.1 Å². The summed E-state index contributed by atoms with van der Waals surface area (Å²) in [7, 11) is 1.57. The highest BCUT2D eigenvalue weighted by Gasteiger charge is 2.17. The second-order valence-electron chi connectivity index (χ2n) is 4.50. The van der Waals surface area contributed by atoms with Gasteiger partial charge in [-0.1, -0.05) is 18.2 Å². The van der Waals surface area contributed by atoms with Gasteiger partial charge < -0.3 is 4.74 Å². The van der Waals surface area contributed by atoms with Crippen molar-refractivity contribution >= 4 is 10.9 Å². The molecule has 21 heavy (non-hydrogen) atoms. The first-order valence-corrected chi connectivity index (χ1v) is 6.49. The zero-order valence-electron chi connectivity index (χ0n) is 11.5. The highest BCUT2D eigenvalue weighted by Crippen LogP contribution is 2.27. The quantitative estimate of drug-likeness (QED) is 0.558. The number of ether oxygens (including phenoxy) is 1. The predicted molar refractivity (Wildman–Crippen MR) is 79.5 cm³/mol. The molecule has 0 radical (unpaired) electrons. The van der Waals surface area contributed by atoms with E-state index in [-0.39, 0.29) is 6.04 Å². The molecule has 2 heterocycles. The standard InChI is InChI=1S/C15H15N5O/c1-21-14-8-13(18-9-19-14)15(20-16)11-4-2-6-12-10(11)5-3-7-17-12/h2-9,15,20H,16H2,1H3. The molecule has 0 saturated heterocycles. The van der Waals surface area contributed by atoms with Gasteiger partial charge in [-0.15, -0.1) is 0 Å². The van der Waals surface area contributed by atoms with Gasteiger partial charge in [-0.3, -0.25) is 10.8 Å². The molecule has 106 valence electrons. The molecule has 0 aliphatic rings. The Hall–Kier alpha value is -2.57. The number of nitrogens with two attached hydrogens (primary N) is 1. The van der Waals surface area contributed by atoms with Crippen molar-refractivity contribution in [3.05, 3.63) is 60.2 Å². The Bertz CT molecular complexity index is 756. The van der Waals surface area contributed by atoms with E-state index in [2.05, 4.69) is 20.4 Å². The summed E-state index contributed by atoms with van der Waals surface area (Å²) in [5, 5.41) is 1.03. The van der Waals surface area contributed by atoms with Gasteiger partial charge >= 0.3 is 0 Å². The summed E-state index contributed by atoms with van der Waals surface area (Å²) in [5.41, 5.74) is 5.46. The second kappa shape index (κ2) is 5.82. The third-order valence-electron chi connectivity index (χ3n) is 3.33. The van der Waals surface area contributed by atoms with Gasteiger partial charge in [0.1, 0.15) is 6.33 Å². The summed E-state index contributed by atoms with van der Waals surface area (Å²) in [6, 6.07) is 11.3. The number of aromatic nitrogens is 3. The van der Waals surface area contributed by atoms with Crippen LogP contribution in [0.5, 0.6) is 5.88 Å². The van der Waals surface area contributed by atoms with Crippen LogP contribution in [0.25, 0.3) is 10.9 Å². The zero-order chi connectivity index (χ0) is 14.7. The minimum atomic E-state index is -0.269. The normalized spacial score (nSPS) is 12.3. The SMILES string of the molecule is COc1cc(C(NN)c2cccc3ncccc23)ncn1. The van der Waals surface area contributed by atoms with E-state index in [1.54, 1.807) is 19.4 Å². The number of benzene rings is 1. The van der Waals surface area contributed by atoms with Crippen LogP contribution in [0, 0.1) is 0 Å². The first kappa shape index (κ1) is 13.4. The molecule has 0 bridgehead atoms. The second-order valence-corrected chi connectivity index (χ2v) is 4.50. The van der Waals surface area contributed by atoms with Gasteiger partial charge in [0.25, 0.3) is 0 Å². The van der Waals surface area contributed by atoms with E-state index >= 15 is 0 Å². The third kappa shape index (κ3) is 2.54. The lowest BCUT2D eigenvalue weighted by atomic mass is 9.99. The Labute approximate surface area is 122 Å². The van der Waals surface area contributed by atoms with E-state index in [0.717, 1.165) is 22.2 Å². The minimum absolute atomic E-state index is 0.269. The molecule has 0 spiro atoms. The van der Waals surface area contributed by atoms with Crippen molar-refractivity contribution in [2.45, 2.75) is 6.04 Å². The summed E-state index contributed by atoms with van der Waals surface area (Å²) in [5.74, 6) is 6.25. The first-order chi connectivity index (χ1) is 10.3. The average molecular weight is 281 g/mol. The molecular formula is C15H15N5O. The van der Waals surface area contributed by atoms with Crippen LogP contribution >= 0.6 is 0 Å². The number of nitrogens with one attached hydrogen (secondary N) is 1. The van der Waals surface area contributed by atoms with Crippen molar-refractivity contribution in [2.75, 3.05) is 7.11 Å². The molecule has 0 aliphatic heterocycles. The Kier molecular flexibility index (Phi) is 3.72. The number of hydrogen-bond acceptors (Lipinski definition) is 6. The Balaban J connectivity index is 2.13. The van der Waals surface area contributed by atoms with Gasteiger partial charge in [0, 0.05) is 17.6 Å². The maximum absolute atomic E-state index is 5.75. The highest BCUT2D eigenvalue weighted by molar-refractivity contribution is 5.82. The van der Waals surface area contributed by atoms with Crippen molar-refractivity contribution in [1.82, 2.24) is 20.4 Å². The number of rotatable bonds is 4. The number of methoxy groups -OCH3 is 1. The van der Waals surface area contributed by atoms with Crippen LogP contribution < -0.4 is 16.0 Å². The lowest BCUT2D eigenvalue weighted by Gasteiger charge is -2.18. The van der Waals surface area contributed by atoms with Gasteiger partial charge in [0.05, 0.1) is 24.4 Å². The molecule has 3 aromatic rings. The van der Waals surface area contributed by atoms with Crippen molar-refractivity contribution in [3.8, 4) is 5.88 Å². The first-order valence-electron chi connectivity index (χ1n) is 6.49. The van der Waals surface area contributed by atoms with E-state index in [9.17, 15) is 0 Å². The van der Waals surface area contributed by atoms with E-state index in [0.29, 0.717) is 5.88 Å². The fraction of sp³-hybridized carbons (Fsp3) is 0.133. The Morgan fingerprint density at radius 2 is 2.05 bits per heavy atom. The van der Waals surface area contributed by atoms with Gasteiger partial charge in [-0.25, -0.2) is 15.4 Å². The molecule has 1 aromatic carbocycles. The molecule has 0 fully saturated rings. The molecule has 1 unspecified atom stereocenters. The van der Waals surface area contributed by atoms with Crippen molar-refractivity contribution in [3.63, 3.8) is 0 Å². The predicted octanol–water partition coefficient (Wildman–Crippen LogP) is 1.59. The van der Waals surface area contributed by atoms with Gasteiger partial charge in [0.15, 0.2) is 0 Å². The Morgan fingerprint density at radius 1 is 1.14 bits per heavy atom. The van der Waals surface area contributed by atoms with Gasteiger partial charge in [-0.2, -0.15) is 0 Å². The summed E-state index contributed by atoms with van der Waals surface area (Å²) >= 11 is 0. The minimum Gasteiger partial charge on any atom is -0.481 e. The zero-order valence-corrected chi connectivity index (χ0v) is 11.5. The number of hydrazine groups is 1. The fourth-order valence-electron chi connectivity index (χ4n) is 2.34. The molecule has 3 rings (SSSR count). The molecule has 0 aliphatic carbocycles. The fourth-order valence-corrected chi connectivity index (χ4v) is 2.34. The number of fused-ring (bicyclic) bond motifs is 1. The molecule has 3 N–H and O–H groups in total. The van der Waals surface area contributed by atoms with Crippen LogP contribution in [0.2, 0.25) is 0 Å². The van der Waals surface area contributed by atoms with Gasteiger partial charge in [-0.05, 0) is 17.7 Å². The molecule has 1 atom stereocenters. The third-order valence-corrected chi connectivity index (χ3v) is 3.33. The van der Waals surface area contributed by atoms with Crippen molar-refractivity contribution in [2.24, 2.45) is 5.84 Å². The monoisotopic (exact) mass is 281 g/mol. The molecule has 0 amide bonds. The van der Waals surface area contributed by atoms with Crippen molar-refractivity contribution < 1.29 is 4.74 Å². The number of pyridine rings is 1. The molecule has 2 aromatic heterocycles. The molecule has 6 nitrogen and oxygen atoms in total. The maximum atomic E-state index is 5.75. The topological polar surface area (TPSA) is 86.0 Å².